The van der Waals surface area contributed by atoms with Crippen molar-refractivity contribution in [3.63, 3.8) is 0 Å². The quantitative estimate of drug-likeness (QED) is 0.354. The van der Waals surface area contributed by atoms with Gasteiger partial charge in [-0.2, -0.15) is 0 Å². The third-order valence-corrected chi connectivity index (χ3v) is 6.70. The lowest BCUT2D eigenvalue weighted by Crippen LogP contribution is -2.51. The lowest BCUT2D eigenvalue weighted by Gasteiger charge is -2.36. The number of guanidine groups is 1. The molecule has 2 fully saturated rings. The lowest BCUT2D eigenvalue weighted by atomic mass is 9.94. The summed E-state index contributed by atoms with van der Waals surface area (Å²) >= 11 is 0. The molecule has 2 aliphatic rings. The molecule has 0 radical (unpaired) electrons. The minimum absolute atomic E-state index is 0. The van der Waals surface area contributed by atoms with Crippen molar-refractivity contribution in [3.05, 3.63) is 0 Å². The van der Waals surface area contributed by atoms with Crippen LogP contribution in [0.25, 0.3) is 0 Å². The number of rotatable bonds is 5. The molecule has 2 N–H and O–H groups in total. The highest BCUT2D eigenvalue weighted by atomic mass is 127. The van der Waals surface area contributed by atoms with Crippen LogP contribution in [0.2, 0.25) is 0 Å². The van der Waals surface area contributed by atoms with Gasteiger partial charge in [0.2, 0.25) is 0 Å². The smallest absolute Gasteiger partial charge is 0.191 e. The first-order chi connectivity index (χ1) is 11.2. The second kappa shape index (κ2) is 9.73. The van der Waals surface area contributed by atoms with Crippen molar-refractivity contribution in [2.75, 3.05) is 24.7 Å². The molecule has 25 heavy (non-hydrogen) atoms. The van der Waals surface area contributed by atoms with Crippen LogP contribution in [0.3, 0.4) is 0 Å². The topological polar surface area (TPSA) is 79.8 Å². The Balaban J connectivity index is 0.00000312. The fourth-order valence-electron chi connectivity index (χ4n) is 3.25. The average molecular weight is 487 g/mol. The monoisotopic (exact) mass is 487 g/mol. The Morgan fingerprint density at radius 1 is 1.36 bits per heavy atom. The molecule has 0 aromatic carbocycles. The number of hydrogen-bond acceptors (Lipinski definition) is 4. The Morgan fingerprint density at radius 3 is 2.64 bits per heavy atom. The first-order valence-electron chi connectivity index (χ1n) is 9.11. The number of nitrogens with zero attached hydrogens (tertiary/aromatic N) is 1. The molecule has 0 aromatic heterocycles. The highest BCUT2D eigenvalue weighted by molar-refractivity contribution is 14.0. The summed E-state index contributed by atoms with van der Waals surface area (Å²) in [7, 11) is -2.84. The van der Waals surface area contributed by atoms with E-state index >= 15 is 0 Å². The van der Waals surface area contributed by atoms with Crippen LogP contribution in [-0.2, 0) is 14.6 Å². The van der Waals surface area contributed by atoms with Crippen LogP contribution in [0.1, 0.15) is 53.4 Å². The largest absolute Gasteiger partial charge is 0.375 e. The van der Waals surface area contributed by atoms with Crippen LogP contribution < -0.4 is 10.6 Å². The molecule has 0 amide bonds. The third-order valence-electron chi connectivity index (χ3n) is 4.87. The van der Waals surface area contributed by atoms with E-state index in [2.05, 4.69) is 38.3 Å². The van der Waals surface area contributed by atoms with Gasteiger partial charge in [0.1, 0.15) is 0 Å². The van der Waals surface area contributed by atoms with Crippen molar-refractivity contribution >= 4 is 39.8 Å². The summed E-state index contributed by atoms with van der Waals surface area (Å²) in [6.07, 6.45) is 3.64. The van der Waals surface area contributed by atoms with Crippen LogP contribution >= 0.6 is 24.0 Å². The zero-order chi connectivity index (χ0) is 17.8. The number of hydrogen-bond donors (Lipinski definition) is 2. The van der Waals surface area contributed by atoms with Crippen molar-refractivity contribution in [1.29, 1.82) is 0 Å². The molecule has 3 atom stereocenters. The predicted octanol–water partition coefficient (Wildman–Crippen LogP) is 2.33. The van der Waals surface area contributed by atoms with Crippen molar-refractivity contribution in [1.82, 2.24) is 10.6 Å². The van der Waals surface area contributed by atoms with Gasteiger partial charge < -0.3 is 15.4 Å². The second-order valence-corrected chi connectivity index (χ2v) is 10.1. The summed E-state index contributed by atoms with van der Waals surface area (Å²) in [4.78, 5) is 4.69. The van der Waals surface area contributed by atoms with Gasteiger partial charge in [-0.05, 0) is 52.4 Å². The van der Waals surface area contributed by atoms with Crippen molar-refractivity contribution in [2.24, 2.45) is 10.9 Å². The van der Waals surface area contributed by atoms with Crippen LogP contribution in [0.15, 0.2) is 4.99 Å². The molecule has 0 bridgehead atoms. The second-order valence-electron chi connectivity index (χ2n) is 7.85. The van der Waals surface area contributed by atoms with E-state index < -0.39 is 9.84 Å². The molecule has 0 spiro atoms. The molecule has 2 saturated heterocycles. The number of nitrogens with one attached hydrogen (secondary N) is 2. The van der Waals surface area contributed by atoms with E-state index in [1.165, 1.54) is 0 Å². The summed E-state index contributed by atoms with van der Waals surface area (Å²) in [5.41, 5.74) is -0.114. The summed E-state index contributed by atoms with van der Waals surface area (Å²) in [5.74, 6) is 1.54. The Hall–Kier alpha value is -0.0900. The normalized spacial score (nSPS) is 29.5. The van der Waals surface area contributed by atoms with Gasteiger partial charge in [0.25, 0.3) is 0 Å². The molecule has 2 aliphatic heterocycles. The van der Waals surface area contributed by atoms with Gasteiger partial charge in [0.05, 0.1) is 17.1 Å². The van der Waals surface area contributed by atoms with Gasteiger partial charge in [-0.1, -0.05) is 6.92 Å². The predicted molar refractivity (Wildman–Crippen MR) is 114 cm³/mol. The van der Waals surface area contributed by atoms with Crippen molar-refractivity contribution in [3.8, 4) is 0 Å². The van der Waals surface area contributed by atoms with E-state index in [9.17, 15) is 8.42 Å². The first-order valence-corrected chi connectivity index (χ1v) is 10.9. The SMILES string of the molecule is CCC(C)NC(=NCC1CCS(=O)(=O)C1)NC1CCOC(C)(C)C1.I. The van der Waals surface area contributed by atoms with Gasteiger partial charge in [0, 0.05) is 25.2 Å². The fourth-order valence-corrected chi connectivity index (χ4v) is 5.10. The molecule has 2 heterocycles. The van der Waals surface area contributed by atoms with Crippen LogP contribution in [-0.4, -0.2) is 56.7 Å². The summed E-state index contributed by atoms with van der Waals surface area (Å²) < 4.78 is 29.0. The third kappa shape index (κ3) is 7.99. The lowest BCUT2D eigenvalue weighted by molar-refractivity contribution is -0.0605. The molecular formula is C17H34IN3O3S. The molecule has 8 heteroatoms. The fraction of sp³-hybridized carbons (Fsp3) is 0.941. The van der Waals surface area contributed by atoms with Crippen molar-refractivity contribution < 1.29 is 13.2 Å². The summed E-state index contributed by atoms with van der Waals surface area (Å²) in [6.45, 7) is 9.81. The van der Waals surface area contributed by atoms with E-state index in [1.807, 2.05) is 0 Å². The number of aliphatic imine (C=N–C) groups is 1. The Morgan fingerprint density at radius 2 is 2.08 bits per heavy atom. The van der Waals surface area contributed by atoms with Crippen LogP contribution in [0.4, 0.5) is 0 Å². The van der Waals surface area contributed by atoms with Crippen molar-refractivity contribution in [2.45, 2.75) is 71.1 Å². The average Bonchev–Trinajstić information content (AvgIpc) is 2.83. The van der Waals surface area contributed by atoms with E-state index in [4.69, 9.17) is 9.73 Å². The molecule has 0 aromatic rings. The summed E-state index contributed by atoms with van der Waals surface area (Å²) in [5, 5.41) is 6.97. The molecule has 0 saturated carbocycles. The standard InChI is InChI=1S/C17H33N3O3S.HI/c1-5-13(2)19-16(18-11-14-7-9-24(21,22)12-14)20-15-6-8-23-17(3,4)10-15;/h13-15H,5-12H2,1-4H3,(H2,18,19,20);1H. The maximum absolute atomic E-state index is 11.6. The zero-order valence-corrected chi connectivity index (χ0v) is 19.0. The van der Waals surface area contributed by atoms with Gasteiger partial charge >= 0.3 is 0 Å². The number of halogens is 1. The van der Waals surface area contributed by atoms with E-state index in [-0.39, 0.29) is 41.2 Å². The van der Waals surface area contributed by atoms with E-state index in [0.717, 1.165) is 38.2 Å². The van der Waals surface area contributed by atoms with Gasteiger partial charge in [0.15, 0.2) is 15.8 Å². The number of sulfone groups is 1. The maximum Gasteiger partial charge on any atom is 0.191 e. The van der Waals surface area contributed by atoms with Gasteiger partial charge in [-0.25, -0.2) is 8.42 Å². The van der Waals surface area contributed by atoms with Gasteiger partial charge in [-0.15, -0.1) is 24.0 Å². The minimum Gasteiger partial charge on any atom is -0.375 e. The van der Waals surface area contributed by atoms with Gasteiger partial charge in [-0.3, -0.25) is 4.99 Å². The molecule has 2 rings (SSSR count). The van der Waals surface area contributed by atoms with Crippen LogP contribution in [0, 0.1) is 5.92 Å². The molecule has 6 nitrogen and oxygen atoms in total. The molecule has 0 aliphatic carbocycles. The highest BCUT2D eigenvalue weighted by Crippen LogP contribution is 2.24. The maximum atomic E-state index is 11.6. The first kappa shape index (κ1) is 23.0. The minimum atomic E-state index is -2.84. The Bertz CT molecular complexity index is 551. The Labute approximate surface area is 169 Å². The van der Waals surface area contributed by atoms with E-state index in [1.54, 1.807) is 0 Å². The molecule has 148 valence electrons. The molecule has 3 unspecified atom stereocenters. The Kier molecular flexibility index (Phi) is 8.93. The molecular weight excluding hydrogens is 453 g/mol. The number of ether oxygens (including phenoxy) is 1. The van der Waals surface area contributed by atoms with E-state index in [0.29, 0.717) is 24.4 Å². The highest BCUT2D eigenvalue weighted by Gasteiger charge is 2.30. The van der Waals surface area contributed by atoms with Crippen LogP contribution in [0.5, 0.6) is 0 Å². The summed E-state index contributed by atoms with van der Waals surface area (Å²) in [6, 6.07) is 0.660. The zero-order valence-electron chi connectivity index (χ0n) is 15.9.